The number of aryl methyl sites for hydroxylation is 1. The van der Waals surface area contributed by atoms with Gasteiger partial charge in [-0.1, -0.05) is 6.07 Å². The smallest absolute Gasteiger partial charge is 0.251 e. The van der Waals surface area contributed by atoms with Crippen molar-refractivity contribution in [3.05, 3.63) is 45.9 Å². The summed E-state index contributed by atoms with van der Waals surface area (Å²) in [6.45, 7) is 6.63. The Morgan fingerprint density at radius 2 is 2.25 bits per heavy atom. The van der Waals surface area contributed by atoms with Crippen molar-refractivity contribution in [1.29, 1.82) is 0 Å². The fourth-order valence-corrected chi connectivity index (χ4v) is 2.57. The van der Waals surface area contributed by atoms with Gasteiger partial charge in [0.15, 0.2) is 0 Å². The molecule has 2 aromatic rings. The predicted molar refractivity (Wildman–Crippen MR) is 83.3 cm³/mol. The molecular formula is C15H19N3OS. The number of hydrogen-bond donors (Lipinski definition) is 2. The van der Waals surface area contributed by atoms with Gasteiger partial charge >= 0.3 is 0 Å². The van der Waals surface area contributed by atoms with Gasteiger partial charge in [-0.15, -0.1) is 11.3 Å². The van der Waals surface area contributed by atoms with Gasteiger partial charge in [-0.2, -0.15) is 0 Å². The van der Waals surface area contributed by atoms with Gasteiger partial charge in [0, 0.05) is 23.2 Å². The Morgan fingerprint density at radius 3 is 2.90 bits per heavy atom. The maximum atomic E-state index is 11.9. The number of thiazole rings is 1. The summed E-state index contributed by atoms with van der Waals surface area (Å²) in [7, 11) is 0. The Morgan fingerprint density at radius 1 is 1.45 bits per heavy atom. The minimum absolute atomic E-state index is 0.0446. The first-order valence-electron chi connectivity index (χ1n) is 6.65. The van der Waals surface area contributed by atoms with E-state index in [1.807, 2.05) is 42.9 Å². The second-order valence-corrected chi connectivity index (χ2v) is 5.39. The first kappa shape index (κ1) is 14.5. The standard InChI is InChI=1S/C15H19N3OS/c1-4-16-15(19)12-6-5-10(2)13(7-12)18-11(3)14-8-20-9-17-14/h5-9,11,18H,4H2,1-3H3,(H,16,19). The van der Waals surface area contributed by atoms with Gasteiger partial charge in [-0.05, 0) is 38.5 Å². The molecule has 1 aromatic heterocycles. The monoisotopic (exact) mass is 289 g/mol. The normalized spacial score (nSPS) is 11.9. The fraction of sp³-hybridized carbons (Fsp3) is 0.333. The molecular weight excluding hydrogens is 270 g/mol. The first-order chi connectivity index (χ1) is 9.61. The molecule has 0 bridgehead atoms. The second-order valence-electron chi connectivity index (χ2n) is 4.67. The summed E-state index contributed by atoms with van der Waals surface area (Å²) < 4.78 is 0. The van der Waals surface area contributed by atoms with Crippen LogP contribution in [0.4, 0.5) is 5.69 Å². The van der Waals surface area contributed by atoms with Crippen LogP contribution in [0.1, 0.15) is 41.5 Å². The van der Waals surface area contributed by atoms with Crippen molar-refractivity contribution in [1.82, 2.24) is 10.3 Å². The van der Waals surface area contributed by atoms with Crippen LogP contribution in [-0.4, -0.2) is 17.4 Å². The fourth-order valence-electron chi connectivity index (χ4n) is 1.92. The SMILES string of the molecule is CCNC(=O)c1ccc(C)c(NC(C)c2cscn2)c1. The highest BCUT2D eigenvalue weighted by Gasteiger charge is 2.11. The van der Waals surface area contributed by atoms with E-state index in [9.17, 15) is 4.79 Å². The number of amides is 1. The van der Waals surface area contributed by atoms with Crippen LogP contribution in [0.2, 0.25) is 0 Å². The van der Waals surface area contributed by atoms with E-state index in [2.05, 4.69) is 22.5 Å². The van der Waals surface area contributed by atoms with E-state index in [1.165, 1.54) is 0 Å². The van der Waals surface area contributed by atoms with Crippen molar-refractivity contribution in [2.24, 2.45) is 0 Å². The van der Waals surface area contributed by atoms with Crippen molar-refractivity contribution < 1.29 is 4.79 Å². The lowest BCUT2D eigenvalue weighted by Gasteiger charge is -2.16. The summed E-state index contributed by atoms with van der Waals surface area (Å²) in [6.07, 6.45) is 0. The molecule has 0 saturated carbocycles. The number of nitrogens with zero attached hydrogens (tertiary/aromatic N) is 1. The van der Waals surface area contributed by atoms with Crippen LogP contribution in [0, 0.1) is 6.92 Å². The molecule has 1 amide bonds. The molecule has 0 aliphatic rings. The number of benzene rings is 1. The van der Waals surface area contributed by atoms with Crippen molar-refractivity contribution in [2.45, 2.75) is 26.8 Å². The zero-order valence-corrected chi connectivity index (χ0v) is 12.8. The first-order valence-corrected chi connectivity index (χ1v) is 7.59. The van der Waals surface area contributed by atoms with E-state index in [1.54, 1.807) is 11.3 Å². The van der Waals surface area contributed by atoms with Gasteiger partial charge in [-0.3, -0.25) is 4.79 Å². The number of hydrogen-bond acceptors (Lipinski definition) is 4. The number of carbonyl (C=O) groups is 1. The Labute approximate surface area is 123 Å². The third kappa shape index (κ3) is 3.36. The van der Waals surface area contributed by atoms with Crippen LogP contribution in [0.25, 0.3) is 0 Å². The summed E-state index contributed by atoms with van der Waals surface area (Å²) in [5.41, 5.74) is 5.59. The predicted octanol–water partition coefficient (Wildman–Crippen LogP) is 3.37. The average molecular weight is 289 g/mol. The van der Waals surface area contributed by atoms with Crippen LogP contribution in [0.3, 0.4) is 0 Å². The molecule has 1 heterocycles. The number of anilines is 1. The molecule has 2 rings (SSSR count). The molecule has 20 heavy (non-hydrogen) atoms. The summed E-state index contributed by atoms with van der Waals surface area (Å²) in [6, 6.07) is 5.81. The lowest BCUT2D eigenvalue weighted by Crippen LogP contribution is -2.22. The van der Waals surface area contributed by atoms with E-state index in [4.69, 9.17) is 0 Å². The van der Waals surface area contributed by atoms with Crippen molar-refractivity contribution in [3.8, 4) is 0 Å². The maximum absolute atomic E-state index is 11.9. The molecule has 0 aliphatic carbocycles. The average Bonchev–Trinajstić information content (AvgIpc) is 2.95. The van der Waals surface area contributed by atoms with E-state index < -0.39 is 0 Å². The van der Waals surface area contributed by atoms with Gasteiger partial charge in [0.1, 0.15) is 0 Å². The van der Waals surface area contributed by atoms with E-state index in [0.717, 1.165) is 16.9 Å². The Balaban J connectivity index is 2.18. The summed E-state index contributed by atoms with van der Waals surface area (Å²) in [5.74, 6) is -0.0446. The molecule has 1 unspecified atom stereocenters. The highest BCUT2D eigenvalue weighted by molar-refractivity contribution is 7.07. The van der Waals surface area contributed by atoms with Gasteiger partial charge < -0.3 is 10.6 Å². The van der Waals surface area contributed by atoms with E-state index in [-0.39, 0.29) is 11.9 Å². The number of nitrogens with one attached hydrogen (secondary N) is 2. The van der Waals surface area contributed by atoms with Gasteiger partial charge in [0.25, 0.3) is 5.91 Å². The molecule has 0 spiro atoms. The quantitative estimate of drug-likeness (QED) is 0.887. The number of carbonyl (C=O) groups excluding carboxylic acids is 1. The van der Waals surface area contributed by atoms with E-state index >= 15 is 0 Å². The molecule has 2 N–H and O–H groups in total. The van der Waals surface area contributed by atoms with Crippen molar-refractivity contribution in [3.63, 3.8) is 0 Å². The van der Waals surface area contributed by atoms with Gasteiger partial charge in [0.2, 0.25) is 0 Å². The molecule has 1 aromatic carbocycles. The lowest BCUT2D eigenvalue weighted by molar-refractivity contribution is 0.0956. The zero-order valence-electron chi connectivity index (χ0n) is 11.9. The van der Waals surface area contributed by atoms with Crippen LogP contribution < -0.4 is 10.6 Å². The Hall–Kier alpha value is -1.88. The molecule has 106 valence electrons. The van der Waals surface area contributed by atoms with Crippen molar-refractivity contribution >= 4 is 22.9 Å². The maximum Gasteiger partial charge on any atom is 0.251 e. The lowest BCUT2D eigenvalue weighted by atomic mass is 10.1. The van der Waals surface area contributed by atoms with Crippen LogP contribution >= 0.6 is 11.3 Å². The van der Waals surface area contributed by atoms with Gasteiger partial charge in [-0.25, -0.2) is 4.98 Å². The molecule has 4 nitrogen and oxygen atoms in total. The third-order valence-corrected chi connectivity index (χ3v) is 3.71. The summed E-state index contributed by atoms with van der Waals surface area (Å²) in [4.78, 5) is 16.2. The van der Waals surface area contributed by atoms with Crippen LogP contribution in [0.5, 0.6) is 0 Å². The summed E-state index contributed by atoms with van der Waals surface area (Å²) in [5, 5.41) is 8.25. The molecule has 5 heteroatoms. The minimum Gasteiger partial charge on any atom is -0.377 e. The third-order valence-electron chi connectivity index (χ3n) is 3.10. The molecule has 1 atom stereocenters. The molecule has 0 radical (unpaired) electrons. The molecule has 0 saturated heterocycles. The second kappa shape index (κ2) is 6.52. The molecule has 0 fully saturated rings. The van der Waals surface area contributed by atoms with Crippen LogP contribution in [-0.2, 0) is 0 Å². The number of rotatable bonds is 5. The Bertz CT molecular complexity index is 581. The van der Waals surface area contributed by atoms with Gasteiger partial charge in [0.05, 0.1) is 17.2 Å². The molecule has 0 aliphatic heterocycles. The number of aromatic nitrogens is 1. The summed E-state index contributed by atoms with van der Waals surface area (Å²) >= 11 is 1.58. The van der Waals surface area contributed by atoms with Crippen LogP contribution in [0.15, 0.2) is 29.1 Å². The highest BCUT2D eigenvalue weighted by atomic mass is 32.1. The Kier molecular flexibility index (Phi) is 4.74. The topological polar surface area (TPSA) is 54.0 Å². The zero-order chi connectivity index (χ0) is 14.5. The van der Waals surface area contributed by atoms with Crippen molar-refractivity contribution in [2.75, 3.05) is 11.9 Å². The van der Waals surface area contributed by atoms with E-state index in [0.29, 0.717) is 12.1 Å². The highest BCUT2D eigenvalue weighted by Crippen LogP contribution is 2.23. The largest absolute Gasteiger partial charge is 0.377 e. The minimum atomic E-state index is -0.0446.